The maximum absolute atomic E-state index is 6.02. The number of hydrogen-bond acceptors (Lipinski definition) is 6. The van der Waals surface area contributed by atoms with E-state index >= 15 is 0 Å². The van der Waals surface area contributed by atoms with E-state index in [1.54, 1.807) is 0 Å². The van der Waals surface area contributed by atoms with E-state index in [4.69, 9.17) is 18.9 Å². The molecule has 0 aliphatic heterocycles. The summed E-state index contributed by atoms with van der Waals surface area (Å²) in [6.07, 6.45) is 4.09. The zero-order valence-corrected chi connectivity index (χ0v) is 24.7. The first-order valence-electron chi connectivity index (χ1n) is 14.4. The first kappa shape index (κ1) is 32.1. The summed E-state index contributed by atoms with van der Waals surface area (Å²) in [4.78, 5) is 0. The largest absolute Gasteiger partial charge is 0.491 e. The van der Waals surface area contributed by atoms with Crippen LogP contribution in [0.2, 0.25) is 0 Å². The van der Waals surface area contributed by atoms with Crippen molar-refractivity contribution in [2.45, 2.75) is 79.3 Å². The highest BCUT2D eigenvalue weighted by molar-refractivity contribution is 5.40. The Morgan fingerprint density at radius 3 is 1.26 bits per heavy atom. The molecule has 2 unspecified atom stereocenters. The van der Waals surface area contributed by atoms with E-state index in [1.807, 2.05) is 0 Å². The van der Waals surface area contributed by atoms with Crippen LogP contribution in [-0.2, 0) is 9.47 Å². The van der Waals surface area contributed by atoms with Gasteiger partial charge in [0.05, 0.1) is 0 Å². The number of para-hydroxylation sites is 2. The smallest absolute Gasteiger partial charge is 0.125 e. The van der Waals surface area contributed by atoms with Gasteiger partial charge in [-0.25, -0.2) is 0 Å². The Bertz CT molecular complexity index is 791. The van der Waals surface area contributed by atoms with Crippen LogP contribution in [0.1, 0.15) is 61.8 Å². The van der Waals surface area contributed by atoms with E-state index < -0.39 is 0 Å². The maximum atomic E-state index is 6.02. The van der Waals surface area contributed by atoms with Gasteiger partial charge in [0, 0.05) is 38.5 Å². The van der Waals surface area contributed by atoms with Gasteiger partial charge in [-0.2, -0.15) is 0 Å². The monoisotopic (exact) mass is 528 g/mol. The summed E-state index contributed by atoms with van der Waals surface area (Å²) in [7, 11) is 0. The number of benzene rings is 2. The molecular weight excluding hydrogens is 476 g/mol. The Hall–Kier alpha value is -2.12. The summed E-state index contributed by atoms with van der Waals surface area (Å²) >= 11 is 0. The predicted molar refractivity (Wildman–Crippen MR) is 158 cm³/mol. The Kier molecular flexibility index (Phi) is 16.1. The fraction of sp³-hybridized carbons (Fsp3) is 0.625. The number of aryl methyl sites for hydroxylation is 4. The second-order valence-corrected chi connectivity index (χ2v) is 10.4. The van der Waals surface area contributed by atoms with Gasteiger partial charge in [0.1, 0.15) is 24.7 Å². The average Bonchev–Trinajstić information content (AvgIpc) is 2.88. The molecule has 2 rings (SSSR count). The van der Waals surface area contributed by atoms with Crippen LogP contribution in [0.3, 0.4) is 0 Å². The summed E-state index contributed by atoms with van der Waals surface area (Å²) in [5.74, 6) is 2.02. The van der Waals surface area contributed by atoms with E-state index in [0.29, 0.717) is 25.3 Å². The Labute approximate surface area is 231 Å². The van der Waals surface area contributed by atoms with Crippen LogP contribution in [0.5, 0.6) is 11.5 Å². The van der Waals surface area contributed by atoms with E-state index in [-0.39, 0.29) is 0 Å². The van der Waals surface area contributed by atoms with Crippen LogP contribution in [-0.4, -0.2) is 64.8 Å². The molecule has 0 amide bonds. The van der Waals surface area contributed by atoms with Gasteiger partial charge in [-0.15, -0.1) is 0 Å². The van der Waals surface area contributed by atoms with Gasteiger partial charge in [0.2, 0.25) is 0 Å². The molecule has 0 heterocycles. The van der Waals surface area contributed by atoms with Crippen LogP contribution in [0.25, 0.3) is 0 Å². The molecule has 2 aromatic carbocycles. The third-order valence-corrected chi connectivity index (χ3v) is 6.52. The van der Waals surface area contributed by atoms with Crippen LogP contribution in [0.4, 0.5) is 0 Å². The van der Waals surface area contributed by atoms with Gasteiger partial charge >= 0.3 is 0 Å². The van der Waals surface area contributed by atoms with Crippen molar-refractivity contribution in [2.75, 3.05) is 52.7 Å². The topological polar surface area (TPSA) is 61.0 Å². The molecule has 2 aromatic rings. The van der Waals surface area contributed by atoms with Crippen molar-refractivity contribution in [1.29, 1.82) is 0 Å². The van der Waals surface area contributed by atoms with Crippen LogP contribution in [0, 0.1) is 27.7 Å². The summed E-state index contributed by atoms with van der Waals surface area (Å²) in [5.41, 5.74) is 4.75. The molecule has 6 heteroatoms. The number of nitrogens with one attached hydrogen (secondary N) is 2. The standard InChI is InChI=1S/C32H52N2O4/c1-25-13-9-14-26(2)31(25)37-23-29(5)33-17-11-21-35-19-7-8-20-36-22-12-18-34-30(6)24-38-32-27(3)15-10-16-28(32)4/h9-10,13-16,29-30,33-34H,7-8,11-12,17-24H2,1-6H3. The molecule has 2 N–H and O–H groups in total. The van der Waals surface area contributed by atoms with E-state index in [1.165, 1.54) is 22.3 Å². The van der Waals surface area contributed by atoms with Crippen molar-refractivity contribution in [3.63, 3.8) is 0 Å². The molecule has 0 radical (unpaired) electrons. The fourth-order valence-electron chi connectivity index (χ4n) is 4.25. The fourth-order valence-corrected chi connectivity index (χ4v) is 4.25. The Morgan fingerprint density at radius 2 is 0.895 bits per heavy atom. The second-order valence-electron chi connectivity index (χ2n) is 10.4. The number of ether oxygens (including phenoxy) is 4. The number of hydrogen-bond donors (Lipinski definition) is 2. The molecule has 2 atom stereocenters. The molecule has 0 aliphatic rings. The van der Waals surface area contributed by atoms with E-state index in [0.717, 1.165) is 76.7 Å². The van der Waals surface area contributed by atoms with Gasteiger partial charge in [-0.3, -0.25) is 0 Å². The van der Waals surface area contributed by atoms with Crippen molar-refractivity contribution in [2.24, 2.45) is 0 Å². The van der Waals surface area contributed by atoms with Crippen molar-refractivity contribution < 1.29 is 18.9 Å². The lowest BCUT2D eigenvalue weighted by molar-refractivity contribution is 0.0998. The highest BCUT2D eigenvalue weighted by Gasteiger charge is 2.08. The van der Waals surface area contributed by atoms with Gasteiger partial charge in [0.15, 0.2) is 0 Å². The summed E-state index contributed by atoms with van der Waals surface area (Å²) in [6, 6.07) is 13.1. The molecule has 0 aromatic heterocycles. The van der Waals surface area contributed by atoms with Crippen molar-refractivity contribution in [3.05, 3.63) is 58.7 Å². The van der Waals surface area contributed by atoms with Crippen molar-refractivity contribution >= 4 is 0 Å². The van der Waals surface area contributed by atoms with E-state index in [9.17, 15) is 0 Å². The lowest BCUT2D eigenvalue weighted by Gasteiger charge is -2.17. The summed E-state index contributed by atoms with van der Waals surface area (Å²) in [6.45, 7) is 19.1. The third kappa shape index (κ3) is 13.1. The van der Waals surface area contributed by atoms with Gasteiger partial charge < -0.3 is 29.6 Å². The van der Waals surface area contributed by atoms with Crippen LogP contribution < -0.4 is 20.1 Å². The predicted octanol–water partition coefficient (Wildman–Crippen LogP) is 5.93. The van der Waals surface area contributed by atoms with E-state index in [2.05, 4.69) is 88.6 Å². The minimum atomic E-state index is 0.306. The lowest BCUT2D eigenvalue weighted by Crippen LogP contribution is -2.33. The molecule has 0 saturated carbocycles. The summed E-state index contributed by atoms with van der Waals surface area (Å²) in [5, 5.41) is 7.03. The molecule has 0 saturated heterocycles. The second kappa shape index (κ2) is 19.0. The van der Waals surface area contributed by atoms with Gasteiger partial charge in [0.25, 0.3) is 0 Å². The van der Waals surface area contributed by atoms with Crippen LogP contribution in [0.15, 0.2) is 36.4 Å². The minimum absolute atomic E-state index is 0.306. The maximum Gasteiger partial charge on any atom is 0.125 e. The minimum Gasteiger partial charge on any atom is -0.491 e. The molecule has 0 bridgehead atoms. The SMILES string of the molecule is Cc1cccc(C)c1OCC(C)NCCCOCCCCOCCCNC(C)COc1c(C)cccc1C. The average molecular weight is 529 g/mol. The third-order valence-electron chi connectivity index (χ3n) is 6.52. The quantitative estimate of drug-likeness (QED) is 0.196. The van der Waals surface area contributed by atoms with Crippen molar-refractivity contribution in [1.82, 2.24) is 10.6 Å². The van der Waals surface area contributed by atoms with Gasteiger partial charge in [-0.1, -0.05) is 36.4 Å². The zero-order valence-electron chi connectivity index (χ0n) is 24.7. The Balaban J connectivity index is 1.34. The molecule has 0 spiro atoms. The number of rotatable bonds is 21. The molecule has 214 valence electrons. The van der Waals surface area contributed by atoms with Crippen LogP contribution >= 0.6 is 0 Å². The molecule has 6 nitrogen and oxygen atoms in total. The number of unbranched alkanes of at least 4 members (excludes halogenated alkanes) is 1. The first-order valence-corrected chi connectivity index (χ1v) is 14.4. The first-order chi connectivity index (χ1) is 18.4. The molecular formula is C32H52N2O4. The Morgan fingerprint density at radius 1 is 0.553 bits per heavy atom. The molecule has 38 heavy (non-hydrogen) atoms. The zero-order chi connectivity index (χ0) is 27.6. The highest BCUT2D eigenvalue weighted by atomic mass is 16.5. The molecule has 0 aliphatic carbocycles. The summed E-state index contributed by atoms with van der Waals surface area (Å²) < 4.78 is 23.6. The van der Waals surface area contributed by atoms with Crippen molar-refractivity contribution in [3.8, 4) is 11.5 Å². The lowest BCUT2D eigenvalue weighted by atomic mass is 10.1. The molecule has 0 fully saturated rings. The normalized spacial score (nSPS) is 12.9. The highest BCUT2D eigenvalue weighted by Crippen LogP contribution is 2.23. The van der Waals surface area contributed by atoms with Gasteiger partial charge in [-0.05, 0) is 103 Å².